The van der Waals surface area contributed by atoms with Crippen molar-refractivity contribution < 1.29 is 0 Å². The Morgan fingerprint density at radius 1 is 0.523 bits per heavy atom. The van der Waals surface area contributed by atoms with Crippen LogP contribution in [-0.2, 0) is 0 Å². The van der Waals surface area contributed by atoms with Gasteiger partial charge in [0.1, 0.15) is 0 Å². The van der Waals surface area contributed by atoms with Crippen molar-refractivity contribution in [1.29, 1.82) is 0 Å². The van der Waals surface area contributed by atoms with Gasteiger partial charge in [0, 0.05) is 59.3 Å². The number of para-hydroxylation sites is 1. The van der Waals surface area contributed by atoms with Crippen molar-refractivity contribution in [3.05, 3.63) is 103 Å². The molecule has 44 heavy (non-hydrogen) atoms. The second-order valence-electron chi connectivity index (χ2n) is 12.8. The molecule has 4 heteroatoms. The number of anilines is 5. The van der Waals surface area contributed by atoms with E-state index < -0.39 is 0 Å². The van der Waals surface area contributed by atoms with Crippen LogP contribution < -0.4 is 20.4 Å². The van der Waals surface area contributed by atoms with Gasteiger partial charge in [0.2, 0.25) is 0 Å². The third-order valence-electron chi connectivity index (χ3n) is 8.54. The summed E-state index contributed by atoms with van der Waals surface area (Å²) in [5.41, 5.74) is 7.27. The summed E-state index contributed by atoms with van der Waals surface area (Å²) in [6, 6.07) is 29.3. The molecule has 236 valence electrons. The first-order valence-corrected chi connectivity index (χ1v) is 17.2. The lowest BCUT2D eigenvalue weighted by molar-refractivity contribution is 0.549. The van der Waals surface area contributed by atoms with E-state index in [1.54, 1.807) is 0 Å². The van der Waals surface area contributed by atoms with Crippen molar-refractivity contribution in [3.63, 3.8) is 0 Å². The van der Waals surface area contributed by atoms with Crippen molar-refractivity contribution in [2.75, 3.05) is 33.5 Å². The summed E-state index contributed by atoms with van der Waals surface area (Å²) >= 11 is 0. The summed E-state index contributed by atoms with van der Waals surface area (Å²) in [4.78, 5) is 5.10. The van der Waals surface area contributed by atoms with Gasteiger partial charge in [-0.15, -0.1) is 0 Å². The molecule has 0 aromatic heterocycles. The molecule has 4 nitrogen and oxygen atoms in total. The smallest absolute Gasteiger partial charge is 0.0385 e. The molecule has 0 amide bonds. The van der Waals surface area contributed by atoms with E-state index in [0.717, 1.165) is 43.0 Å². The van der Waals surface area contributed by atoms with Crippen LogP contribution in [0.5, 0.6) is 0 Å². The van der Waals surface area contributed by atoms with Crippen LogP contribution in [-0.4, -0.2) is 25.2 Å². The normalized spacial score (nSPS) is 12.8. The van der Waals surface area contributed by atoms with Crippen molar-refractivity contribution >= 4 is 28.4 Å². The van der Waals surface area contributed by atoms with Crippen LogP contribution in [0.25, 0.3) is 0 Å². The van der Waals surface area contributed by atoms with E-state index in [2.05, 4.69) is 139 Å². The molecule has 2 N–H and O–H groups in total. The monoisotopic (exact) mass is 592 g/mol. The molecular weight excluding hydrogens is 536 g/mol. The maximum Gasteiger partial charge on any atom is 0.0385 e. The SMILES string of the molecule is CC(C)N(CCCCCCCCCCN(c1ccc(Nc2ccccc2)cc1)C(C)C)c1ccc(NC2=CCCC=C2)cc1. The van der Waals surface area contributed by atoms with Gasteiger partial charge in [-0.25, -0.2) is 0 Å². The highest BCUT2D eigenvalue weighted by Crippen LogP contribution is 2.25. The average molecular weight is 593 g/mol. The first kappa shape index (κ1) is 33.2. The van der Waals surface area contributed by atoms with Crippen LogP contribution in [0.2, 0.25) is 0 Å². The molecule has 0 atom stereocenters. The highest BCUT2D eigenvalue weighted by atomic mass is 15.2. The van der Waals surface area contributed by atoms with E-state index in [-0.39, 0.29) is 0 Å². The van der Waals surface area contributed by atoms with Crippen LogP contribution in [0, 0.1) is 0 Å². The number of rotatable bonds is 19. The molecule has 0 spiro atoms. The maximum atomic E-state index is 3.54. The van der Waals surface area contributed by atoms with Gasteiger partial charge >= 0.3 is 0 Å². The van der Waals surface area contributed by atoms with Crippen molar-refractivity contribution in [3.8, 4) is 0 Å². The van der Waals surface area contributed by atoms with E-state index in [1.807, 2.05) is 6.07 Å². The summed E-state index contributed by atoms with van der Waals surface area (Å²) in [5, 5.41) is 7.03. The number of unbranched alkanes of at least 4 members (excludes halogenated alkanes) is 7. The second kappa shape index (κ2) is 18.2. The van der Waals surface area contributed by atoms with E-state index in [0.29, 0.717) is 12.1 Å². The molecule has 1 aliphatic carbocycles. The molecule has 4 rings (SSSR count). The highest BCUT2D eigenvalue weighted by molar-refractivity contribution is 5.63. The minimum atomic E-state index is 0.500. The Labute approximate surface area is 268 Å². The minimum Gasteiger partial charge on any atom is -0.369 e. The van der Waals surface area contributed by atoms with E-state index in [4.69, 9.17) is 0 Å². The Hall–Kier alpha value is -3.66. The lowest BCUT2D eigenvalue weighted by Crippen LogP contribution is -2.31. The number of hydrogen-bond acceptors (Lipinski definition) is 4. The number of allylic oxidation sites excluding steroid dienone is 3. The Morgan fingerprint density at radius 2 is 0.977 bits per heavy atom. The Balaban J connectivity index is 1.08. The Morgan fingerprint density at radius 3 is 1.43 bits per heavy atom. The van der Waals surface area contributed by atoms with Gasteiger partial charge in [-0.2, -0.15) is 0 Å². The van der Waals surface area contributed by atoms with Gasteiger partial charge < -0.3 is 20.4 Å². The van der Waals surface area contributed by atoms with Gasteiger partial charge in [0.25, 0.3) is 0 Å². The molecule has 0 unspecified atom stereocenters. The fourth-order valence-corrected chi connectivity index (χ4v) is 6.03. The standard InChI is InChI=1S/C40H56N4/c1-33(2)43(39-27-23-37(24-28-39)41-35-19-13-11-14-20-35)31-17-9-7-5-6-8-10-18-32-44(34(3)4)40-29-25-38(26-30-40)42-36-21-15-12-16-22-36/h11,13-15,19-30,33-34,41-42H,5-10,12,16-18,31-32H2,1-4H3. The summed E-state index contributed by atoms with van der Waals surface area (Å²) in [6.07, 6.45) is 19.5. The third-order valence-corrected chi connectivity index (χ3v) is 8.54. The fraction of sp³-hybridized carbons (Fsp3) is 0.450. The van der Waals surface area contributed by atoms with Crippen molar-refractivity contribution in [1.82, 2.24) is 0 Å². The van der Waals surface area contributed by atoms with Crippen LogP contribution in [0.4, 0.5) is 28.4 Å². The fourth-order valence-electron chi connectivity index (χ4n) is 6.03. The van der Waals surface area contributed by atoms with E-state index in [9.17, 15) is 0 Å². The zero-order valence-electron chi connectivity index (χ0n) is 27.8. The Bertz CT molecular complexity index is 1260. The zero-order chi connectivity index (χ0) is 31.0. The number of benzene rings is 3. The van der Waals surface area contributed by atoms with Gasteiger partial charge in [-0.1, -0.05) is 68.9 Å². The molecule has 0 saturated heterocycles. The Kier molecular flexibility index (Phi) is 13.8. The number of hydrogen-bond donors (Lipinski definition) is 2. The largest absolute Gasteiger partial charge is 0.369 e. The van der Waals surface area contributed by atoms with Crippen LogP contribution in [0.3, 0.4) is 0 Å². The van der Waals surface area contributed by atoms with Crippen molar-refractivity contribution in [2.24, 2.45) is 0 Å². The summed E-state index contributed by atoms with van der Waals surface area (Å²) in [6.45, 7) is 11.5. The molecular formula is C40H56N4. The van der Waals surface area contributed by atoms with Gasteiger partial charge in [0.15, 0.2) is 0 Å². The summed E-state index contributed by atoms with van der Waals surface area (Å²) < 4.78 is 0. The van der Waals surface area contributed by atoms with Crippen molar-refractivity contribution in [2.45, 2.75) is 104 Å². The molecule has 0 bridgehead atoms. The predicted molar refractivity (Wildman–Crippen MR) is 195 cm³/mol. The van der Waals surface area contributed by atoms with Crippen LogP contribution in [0.1, 0.15) is 91.9 Å². The maximum absolute atomic E-state index is 3.54. The first-order chi connectivity index (χ1) is 21.5. The molecule has 0 aliphatic heterocycles. The minimum absolute atomic E-state index is 0.500. The predicted octanol–water partition coefficient (Wildman–Crippen LogP) is 11.3. The topological polar surface area (TPSA) is 30.5 Å². The molecule has 3 aromatic carbocycles. The highest BCUT2D eigenvalue weighted by Gasteiger charge is 2.12. The summed E-state index contributed by atoms with van der Waals surface area (Å²) in [7, 11) is 0. The average Bonchev–Trinajstić information content (AvgIpc) is 3.03. The first-order valence-electron chi connectivity index (χ1n) is 17.2. The van der Waals surface area contributed by atoms with E-state index >= 15 is 0 Å². The number of nitrogens with one attached hydrogen (secondary N) is 2. The van der Waals surface area contributed by atoms with Gasteiger partial charge in [-0.05, 0) is 120 Å². The molecule has 0 fully saturated rings. The zero-order valence-corrected chi connectivity index (χ0v) is 27.8. The van der Waals surface area contributed by atoms with Crippen LogP contribution in [0.15, 0.2) is 103 Å². The quantitative estimate of drug-likeness (QED) is 0.136. The lowest BCUT2D eigenvalue weighted by Gasteiger charge is -2.29. The van der Waals surface area contributed by atoms with E-state index in [1.165, 1.54) is 68.4 Å². The summed E-state index contributed by atoms with van der Waals surface area (Å²) in [5.74, 6) is 0. The van der Waals surface area contributed by atoms with Gasteiger partial charge in [-0.3, -0.25) is 0 Å². The third kappa shape index (κ3) is 11.1. The second-order valence-corrected chi connectivity index (χ2v) is 12.8. The molecule has 0 radical (unpaired) electrons. The molecule has 0 saturated carbocycles. The molecule has 0 heterocycles. The number of nitrogens with zero attached hydrogens (tertiary/aromatic N) is 2. The van der Waals surface area contributed by atoms with Gasteiger partial charge in [0.05, 0.1) is 0 Å². The lowest BCUT2D eigenvalue weighted by atomic mass is 10.1. The molecule has 1 aliphatic rings. The van der Waals surface area contributed by atoms with Crippen LogP contribution >= 0.6 is 0 Å². The molecule has 3 aromatic rings.